The Hall–Kier alpha value is -2.52. The Morgan fingerprint density at radius 3 is 2.58 bits per heavy atom. The molecular weight excluding hydrogens is 376 g/mol. The number of hydrogen-bond donors (Lipinski definition) is 1. The van der Waals surface area contributed by atoms with Crippen molar-refractivity contribution in [2.45, 2.75) is 25.4 Å². The molecule has 2 unspecified atom stereocenters. The van der Waals surface area contributed by atoms with E-state index in [2.05, 4.69) is 0 Å². The number of benzene rings is 1. The van der Waals surface area contributed by atoms with Gasteiger partial charge in [0.15, 0.2) is 0 Å². The van der Waals surface area contributed by atoms with E-state index in [-0.39, 0.29) is 10.7 Å². The number of carbonyl (C=O) groups excluding carboxylic acids is 3. The maximum absolute atomic E-state index is 12.7. The molecule has 2 atom stereocenters. The van der Waals surface area contributed by atoms with E-state index >= 15 is 0 Å². The van der Waals surface area contributed by atoms with E-state index in [0.717, 1.165) is 22.2 Å². The molecule has 2 aliphatic rings. The van der Waals surface area contributed by atoms with Gasteiger partial charge in [-0.2, -0.15) is 0 Å². The van der Waals surface area contributed by atoms with Gasteiger partial charge in [-0.25, -0.2) is 4.79 Å². The van der Waals surface area contributed by atoms with Crippen LogP contribution in [0.3, 0.4) is 0 Å². The fourth-order valence-electron chi connectivity index (χ4n) is 2.80. The second kappa shape index (κ2) is 7.00. The maximum Gasteiger partial charge on any atom is 0.326 e. The van der Waals surface area contributed by atoms with E-state index in [1.807, 2.05) is 30.3 Å². The second-order valence-electron chi connectivity index (χ2n) is 5.80. The van der Waals surface area contributed by atoms with Crippen LogP contribution in [-0.2, 0) is 19.2 Å². The predicted octanol–water partition coefficient (Wildman–Crippen LogP) is 1.49. The Morgan fingerprint density at radius 2 is 1.96 bits per heavy atom. The molecule has 1 aromatic carbocycles. The first-order chi connectivity index (χ1) is 12.3. The summed E-state index contributed by atoms with van der Waals surface area (Å²) in [5.41, 5.74) is 0.808. The van der Waals surface area contributed by atoms with Gasteiger partial charge >= 0.3 is 5.97 Å². The van der Waals surface area contributed by atoms with Gasteiger partial charge in [0.2, 0.25) is 5.91 Å². The summed E-state index contributed by atoms with van der Waals surface area (Å²) in [5, 5.41) is 9.07. The van der Waals surface area contributed by atoms with Crippen molar-refractivity contribution >= 4 is 58.1 Å². The van der Waals surface area contributed by atoms with Crippen LogP contribution in [0.25, 0.3) is 6.08 Å². The number of likely N-dealkylation sites (tertiary alicyclic amines) is 1. The lowest BCUT2D eigenvalue weighted by Gasteiger charge is -2.23. The highest BCUT2D eigenvalue weighted by molar-refractivity contribution is 8.26. The first kappa shape index (κ1) is 18.3. The Labute approximate surface area is 158 Å². The van der Waals surface area contributed by atoms with Gasteiger partial charge in [-0.3, -0.25) is 24.2 Å². The SMILES string of the molecule is CC(C(=O)O)N1C(=O)CC(N2C(=O)/C(=C/c3ccccc3)SC2=S)C1=O. The van der Waals surface area contributed by atoms with Crippen LogP contribution in [0.1, 0.15) is 18.9 Å². The number of amides is 3. The molecule has 7 nitrogen and oxygen atoms in total. The van der Waals surface area contributed by atoms with Crippen molar-refractivity contribution in [1.82, 2.24) is 9.80 Å². The zero-order valence-electron chi connectivity index (χ0n) is 13.6. The third-order valence-corrected chi connectivity index (χ3v) is 5.47. The summed E-state index contributed by atoms with van der Waals surface area (Å²) in [7, 11) is 0. The normalized spacial score (nSPS) is 23.3. The van der Waals surface area contributed by atoms with Crippen molar-refractivity contribution in [2.75, 3.05) is 0 Å². The summed E-state index contributed by atoms with van der Waals surface area (Å²) in [5.74, 6) is -3.10. The fourth-order valence-corrected chi connectivity index (χ4v) is 4.16. The molecule has 2 saturated heterocycles. The minimum atomic E-state index is -1.29. The Morgan fingerprint density at radius 1 is 1.31 bits per heavy atom. The van der Waals surface area contributed by atoms with Gasteiger partial charge in [-0.1, -0.05) is 54.3 Å². The summed E-state index contributed by atoms with van der Waals surface area (Å²) in [6.07, 6.45) is 1.39. The highest BCUT2D eigenvalue weighted by atomic mass is 32.2. The lowest BCUT2D eigenvalue weighted by molar-refractivity contribution is -0.154. The maximum atomic E-state index is 12.7. The van der Waals surface area contributed by atoms with Gasteiger partial charge in [0, 0.05) is 0 Å². The van der Waals surface area contributed by atoms with Gasteiger partial charge in [0.25, 0.3) is 11.8 Å². The van der Waals surface area contributed by atoms with E-state index < -0.39 is 35.8 Å². The molecule has 0 radical (unpaired) electrons. The van der Waals surface area contributed by atoms with Crippen LogP contribution in [0.2, 0.25) is 0 Å². The molecule has 9 heteroatoms. The smallest absolute Gasteiger partial charge is 0.326 e. The molecule has 2 fully saturated rings. The molecular formula is C17H14N2O5S2. The van der Waals surface area contributed by atoms with Crippen LogP contribution in [-0.4, -0.2) is 55.0 Å². The van der Waals surface area contributed by atoms with Gasteiger partial charge in [0.1, 0.15) is 16.4 Å². The molecule has 1 aromatic rings. The van der Waals surface area contributed by atoms with Crippen molar-refractivity contribution in [3.63, 3.8) is 0 Å². The van der Waals surface area contributed by atoms with Crippen molar-refractivity contribution in [3.8, 4) is 0 Å². The number of imide groups is 1. The molecule has 2 aliphatic heterocycles. The summed E-state index contributed by atoms with van der Waals surface area (Å²) in [6, 6.07) is 6.77. The number of thiocarbonyl (C=S) groups is 1. The van der Waals surface area contributed by atoms with Gasteiger partial charge in [-0.05, 0) is 18.6 Å². The van der Waals surface area contributed by atoms with Gasteiger partial charge in [-0.15, -0.1) is 0 Å². The third-order valence-electron chi connectivity index (χ3n) is 4.14. The Balaban J connectivity index is 1.86. The zero-order valence-corrected chi connectivity index (χ0v) is 15.3. The molecule has 2 heterocycles. The summed E-state index contributed by atoms with van der Waals surface area (Å²) in [6.45, 7) is 1.25. The van der Waals surface area contributed by atoms with E-state index in [9.17, 15) is 19.2 Å². The molecule has 3 amide bonds. The minimum Gasteiger partial charge on any atom is -0.480 e. The predicted molar refractivity (Wildman–Crippen MR) is 98.8 cm³/mol. The molecule has 26 heavy (non-hydrogen) atoms. The van der Waals surface area contributed by atoms with Crippen LogP contribution >= 0.6 is 24.0 Å². The number of nitrogens with zero attached hydrogens (tertiary/aromatic N) is 2. The Bertz CT molecular complexity index is 852. The molecule has 3 rings (SSSR count). The average molecular weight is 390 g/mol. The number of carbonyl (C=O) groups is 4. The first-order valence-electron chi connectivity index (χ1n) is 7.72. The zero-order chi connectivity index (χ0) is 19.0. The van der Waals surface area contributed by atoms with E-state index in [1.165, 1.54) is 6.92 Å². The van der Waals surface area contributed by atoms with E-state index in [4.69, 9.17) is 17.3 Å². The lowest BCUT2D eigenvalue weighted by Crippen LogP contribution is -2.48. The molecule has 0 aromatic heterocycles. The first-order valence-corrected chi connectivity index (χ1v) is 8.94. The standard InChI is InChI=1S/C17H14N2O5S2/c1-9(16(23)24)18-13(20)8-11(14(18)21)19-15(22)12(26-17(19)25)7-10-5-3-2-4-6-10/h2-7,9,11H,8H2,1H3,(H,23,24)/b12-7-. The number of rotatable bonds is 4. The highest BCUT2D eigenvalue weighted by Crippen LogP contribution is 2.36. The van der Waals surface area contributed by atoms with Crippen LogP contribution in [0.5, 0.6) is 0 Å². The van der Waals surface area contributed by atoms with Gasteiger partial charge in [0.05, 0.1) is 11.3 Å². The summed E-state index contributed by atoms with van der Waals surface area (Å²) in [4.78, 5) is 50.7. The lowest BCUT2D eigenvalue weighted by atomic mass is 10.2. The van der Waals surface area contributed by atoms with Crippen molar-refractivity contribution in [1.29, 1.82) is 0 Å². The van der Waals surface area contributed by atoms with Crippen LogP contribution in [0.4, 0.5) is 0 Å². The number of aliphatic carboxylic acids is 1. The van der Waals surface area contributed by atoms with E-state index in [0.29, 0.717) is 9.81 Å². The fraction of sp³-hybridized carbons (Fsp3) is 0.235. The van der Waals surface area contributed by atoms with Crippen molar-refractivity contribution < 1.29 is 24.3 Å². The number of carboxylic acids is 1. The molecule has 0 saturated carbocycles. The summed E-state index contributed by atoms with van der Waals surface area (Å²) >= 11 is 6.28. The molecule has 134 valence electrons. The second-order valence-corrected chi connectivity index (χ2v) is 7.47. The van der Waals surface area contributed by atoms with Gasteiger partial charge < -0.3 is 5.11 Å². The molecule has 0 aliphatic carbocycles. The van der Waals surface area contributed by atoms with Crippen LogP contribution in [0, 0.1) is 0 Å². The van der Waals surface area contributed by atoms with Crippen LogP contribution in [0.15, 0.2) is 35.2 Å². The number of hydrogen-bond acceptors (Lipinski definition) is 6. The topological polar surface area (TPSA) is 95.0 Å². The number of carboxylic acid groups (broad SMARTS) is 1. The molecule has 1 N–H and O–H groups in total. The summed E-state index contributed by atoms with van der Waals surface area (Å²) < 4.78 is 0.174. The molecule has 0 bridgehead atoms. The minimum absolute atomic E-state index is 0.174. The Kier molecular flexibility index (Phi) is 4.92. The van der Waals surface area contributed by atoms with E-state index in [1.54, 1.807) is 6.08 Å². The highest BCUT2D eigenvalue weighted by Gasteiger charge is 2.50. The average Bonchev–Trinajstić information content (AvgIpc) is 3.03. The largest absolute Gasteiger partial charge is 0.480 e. The number of thioether (sulfide) groups is 1. The van der Waals surface area contributed by atoms with Crippen molar-refractivity contribution in [3.05, 3.63) is 40.8 Å². The molecule has 0 spiro atoms. The third kappa shape index (κ3) is 3.15. The monoisotopic (exact) mass is 390 g/mol. The van der Waals surface area contributed by atoms with Crippen molar-refractivity contribution in [2.24, 2.45) is 0 Å². The quantitative estimate of drug-likeness (QED) is 0.473. The van der Waals surface area contributed by atoms with Crippen LogP contribution < -0.4 is 0 Å².